The van der Waals surface area contributed by atoms with Crippen LogP contribution >= 0.6 is 11.6 Å². The molecule has 1 aliphatic rings. The van der Waals surface area contributed by atoms with Gasteiger partial charge in [0.25, 0.3) is 0 Å². The second kappa shape index (κ2) is 5.58. The van der Waals surface area contributed by atoms with E-state index in [0.717, 1.165) is 18.6 Å². The average molecular weight is 239 g/mol. The second-order valence-electron chi connectivity index (χ2n) is 4.56. The Morgan fingerprint density at radius 2 is 1.94 bits per heavy atom. The van der Waals surface area contributed by atoms with E-state index in [-0.39, 0.29) is 0 Å². The number of benzene rings is 1. The Kier molecular flexibility index (Phi) is 4.11. The fraction of sp³-hybridized carbons (Fsp3) is 0.571. The van der Waals surface area contributed by atoms with Gasteiger partial charge in [0.15, 0.2) is 0 Å². The maximum absolute atomic E-state index is 6.32. The molecule has 0 spiro atoms. The molecule has 0 N–H and O–H groups in total. The van der Waals surface area contributed by atoms with Crippen molar-refractivity contribution in [3.8, 4) is 5.75 Å². The van der Waals surface area contributed by atoms with Crippen molar-refractivity contribution in [3.63, 3.8) is 0 Å². The van der Waals surface area contributed by atoms with Gasteiger partial charge >= 0.3 is 0 Å². The summed E-state index contributed by atoms with van der Waals surface area (Å²) in [5.41, 5.74) is 1.33. The molecule has 2 heteroatoms. The summed E-state index contributed by atoms with van der Waals surface area (Å²) in [5, 5.41) is 0.331. The summed E-state index contributed by atoms with van der Waals surface area (Å²) in [6.07, 6.45) is 6.03. The SMILES string of the molecule is COc1ccccc1C1CCCCC(Cl)C1. The Morgan fingerprint density at radius 1 is 1.19 bits per heavy atom. The summed E-state index contributed by atoms with van der Waals surface area (Å²) in [5.74, 6) is 1.58. The van der Waals surface area contributed by atoms with Gasteiger partial charge in [0.05, 0.1) is 7.11 Å². The van der Waals surface area contributed by atoms with Crippen LogP contribution in [-0.4, -0.2) is 12.5 Å². The van der Waals surface area contributed by atoms with Gasteiger partial charge in [0, 0.05) is 5.38 Å². The molecule has 2 rings (SSSR count). The maximum atomic E-state index is 6.32. The predicted octanol–water partition coefficient (Wildman–Crippen LogP) is 4.35. The monoisotopic (exact) mass is 238 g/mol. The molecule has 0 radical (unpaired) electrons. The standard InChI is InChI=1S/C14H19ClO/c1-16-14-9-5-4-8-13(14)11-6-2-3-7-12(15)10-11/h4-5,8-9,11-12H,2-3,6-7,10H2,1H3. The van der Waals surface area contributed by atoms with Crippen molar-refractivity contribution in [1.29, 1.82) is 0 Å². The Hall–Kier alpha value is -0.690. The second-order valence-corrected chi connectivity index (χ2v) is 5.17. The number of hydrogen-bond acceptors (Lipinski definition) is 1. The van der Waals surface area contributed by atoms with Crippen molar-refractivity contribution >= 4 is 11.6 Å². The third kappa shape index (κ3) is 2.70. The third-order valence-electron chi connectivity index (χ3n) is 3.44. The Morgan fingerprint density at radius 3 is 2.75 bits per heavy atom. The molecule has 2 unspecified atom stereocenters. The molecule has 0 aromatic heterocycles. The highest BCUT2D eigenvalue weighted by atomic mass is 35.5. The molecule has 1 fully saturated rings. The molecule has 1 saturated carbocycles. The van der Waals surface area contributed by atoms with E-state index >= 15 is 0 Å². The summed E-state index contributed by atoms with van der Waals surface area (Å²) in [4.78, 5) is 0. The zero-order valence-corrected chi connectivity index (χ0v) is 10.5. The first-order valence-corrected chi connectivity index (χ1v) is 6.52. The summed E-state index contributed by atoms with van der Waals surface area (Å²) in [6.45, 7) is 0. The van der Waals surface area contributed by atoms with E-state index in [4.69, 9.17) is 16.3 Å². The third-order valence-corrected chi connectivity index (χ3v) is 3.84. The summed E-state index contributed by atoms with van der Waals surface area (Å²) in [7, 11) is 1.74. The van der Waals surface area contributed by atoms with Crippen LogP contribution in [0.25, 0.3) is 0 Å². The van der Waals surface area contributed by atoms with Crippen molar-refractivity contribution in [2.75, 3.05) is 7.11 Å². The fourth-order valence-electron chi connectivity index (χ4n) is 2.59. The van der Waals surface area contributed by atoms with Crippen LogP contribution in [0.1, 0.15) is 43.6 Å². The smallest absolute Gasteiger partial charge is 0.122 e. The molecule has 0 saturated heterocycles. The minimum atomic E-state index is 0.331. The first-order chi connectivity index (χ1) is 7.81. The van der Waals surface area contributed by atoms with Gasteiger partial charge in [-0.1, -0.05) is 31.0 Å². The molecular weight excluding hydrogens is 220 g/mol. The molecule has 16 heavy (non-hydrogen) atoms. The highest BCUT2D eigenvalue weighted by molar-refractivity contribution is 6.20. The van der Waals surface area contributed by atoms with Gasteiger partial charge in [0.2, 0.25) is 0 Å². The van der Waals surface area contributed by atoms with E-state index < -0.39 is 0 Å². The van der Waals surface area contributed by atoms with Crippen LogP contribution in [0.15, 0.2) is 24.3 Å². The van der Waals surface area contributed by atoms with Crippen LogP contribution in [-0.2, 0) is 0 Å². The summed E-state index contributed by atoms with van der Waals surface area (Å²) in [6, 6.07) is 8.34. The molecule has 0 amide bonds. The van der Waals surface area contributed by atoms with Gasteiger partial charge in [-0.15, -0.1) is 11.6 Å². The molecule has 1 nitrogen and oxygen atoms in total. The number of methoxy groups -OCH3 is 1. The minimum absolute atomic E-state index is 0.331. The lowest BCUT2D eigenvalue weighted by atomic mass is 9.91. The van der Waals surface area contributed by atoms with Crippen molar-refractivity contribution in [3.05, 3.63) is 29.8 Å². The summed E-state index contributed by atoms with van der Waals surface area (Å²) < 4.78 is 5.43. The number of hydrogen-bond donors (Lipinski definition) is 0. The van der Waals surface area contributed by atoms with Gasteiger partial charge in [-0.2, -0.15) is 0 Å². The summed E-state index contributed by atoms with van der Waals surface area (Å²) >= 11 is 6.32. The fourth-order valence-corrected chi connectivity index (χ4v) is 2.96. The van der Waals surface area contributed by atoms with Crippen LogP contribution in [0.3, 0.4) is 0 Å². The van der Waals surface area contributed by atoms with E-state index in [1.54, 1.807) is 7.11 Å². The first-order valence-electron chi connectivity index (χ1n) is 6.08. The molecule has 1 aromatic rings. The lowest BCUT2D eigenvalue weighted by molar-refractivity contribution is 0.402. The first kappa shape index (κ1) is 11.8. The highest BCUT2D eigenvalue weighted by Crippen LogP contribution is 2.37. The average Bonchev–Trinajstić information content (AvgIpc) is 2.54. The van der Waals surface area contributed by atoms with Crippen molar-refractivity contribution in [2.45, 2.75) is 43.4 Å². The Labute approximate surface area is 103 Å². The number of alkyl halides is 1. The minimum Gasteiger partial charge on any atom is -0.496 e. The largest absolute Gasteiger partial charge is 0.496 e. The normalized spacial score (nSPS) is 26.1. The Balaban J connectivity index is 2.20. The molecule has 2 atom stereocenters. The zero-order valence-electron chi connectivity index (χ0n) is 9.79. The van der Waals surface area contributed by atoms with E-state index in [1.807, 2.05) is 12.1 Å². The van der Waals surface area contributed by atoms with Gasteiger partial charge in [-0.25, -0.2) is 0 Å². The topological polar surface area (TPSA) is 9.23 Å². The van der Waals surface area contributed by atoms with Crippen molar-refractivity contribution in [1.82, 2.24) is 0 Å². The van der Waals surface area contributed by atoms with E-state index in [0.29, 0.717) is 11.3 Å². The number of para-hydroxylation sites is 1. The van der Waals surface area contributed by atoms with Crippen LogP contribution in [0.2, 0.25) is 0 Å². The lowest BCUT2D eigenvalue weighted by Crippen LogP contribution is -2.05. The van der Waals surface area contributed by atoms with E-state index in [1.165, 1.54) is 24.8 Å². The van der Waals surface area contributed by atoms with Gasteiger partial charge in [-0.05, 0) is 36.8 Å². The Bertz CT molecular complexity index is 337. The molecule has 0 heterocycles. The van der Waals surface area contributed by atoms with Crippen LogP contribution in [0, 0.1) is 0 Å². The van der Waals surface area contributed by atoms with Crippen LogP contribution in [0.4, 0.5) is 0 Å². The van der Waals surface area contributed by atoms with Crippen LogP contribution in [0.5, 0.6) is 5.75 Å². The van der Waals surface area contributed by atoms with Crippen molar-refractivity contribution < 1.29 is 4.74 Å². The van der Waals surface area contributed by atoms with Crippen LogP contribution < -0.4 is 4.74 Å². The van der Waals surface area contributed by atoms with E-state index in [2.05, 4.69) is 12.1 Å². The highest BCUT2D eigenvalue weighted by Gasteiger charge is 2.22. The zero-order chi connectivity index (χ0) is 11.4. The molecule has 1 aromatic carbocycles. The lowest BCUT2D eigenvalue weighted by Gasteiger charge is -2.19. The molecule has 0 aliphatic heterocycles. The van der Waals surface area contributed by atoms with E-state index in [9.17, 15) is 0 Å². The molecule has 0 bridgehead atoms. The molecular formula is C14H19ClO. The van der Waals surface area contributed by atoms with Crippen molar-refractivity contribution in [2.24, 2.45) is 0 Å². The van der Waals surface area contributed by atoms with Gasteiger partial charge in [-0.3, -0.25) is 0 Å². The molecule has 88 valence electrons. The number of rotatable bonds is 2. The number of ether oxygens (including phenoxy) is 1. The number of halogens is 1. The maximum Gasteiger partial charge on any atom is 0.122 e. The predicted molar refractivity (Wildman–Crippen MR) is 68.5 cm³/mol. The quantitative estimate of drug-likeness (QED) is 0.550. The molecule has 1 aliphatic carbocycles. The van der Waals surface area contributed by atoms with Gasteiger partial charge in [0.1, 0.15) is 5.75 Å². The van der Waals surface area contributed by atoms with Gasteiger partial charge < -0.3 is 4.74 Å².